The molecule has 1 unspecified atom stereocenters. The number of hydrogen-bond acceptors (Lipinski definition) is 3. The topological polar surface area (TPSA) is 41.5 Å². The quantitative estimate of drug-likeness (QED) is 0.783. The first-order valence-electron chi connectivity index (χ1n) is 7.49. The van der Waals surface area contributed by atoms with Gasteiger partial charge in [-0.2, -0.15) is 0 Å². The first-order valence-corrected chi connectivity index (χ1v) is 7.49. The minimum absolute atomic E-state index is 0.255. The summed E-state index contributed by atoms with van der Waals surface area (Å²) in [5, 5.41) is 13.0. The van der Waals surface area contributed by atoms with E-state index >= 15 is 0 Å². The third-order valence-corrected chi connectivity index (χ3v) is 4.37. The third-order valence-electron chi connectivity index (χ3n) is 4.37. The van der Waals surface area contributed by atoms with Gasteiger partial charge in [0.2, 0.25) is 0 Å². The van der Waals surface area contributed by atoms with Crippen LogP contribution in [0.15, 0.2) is 36.4 Å². The smallest absolute Gasteiger partial charge is 0.118 e. The normalized spacial score (nSPS) is 26.7. The van der Waals surface area contributed by atoms with E-state index in [9.17, 15) is 5.11 Å². The molecule has 0 bridgehead atoms. The molecule has 0 radical (unpaired) electrons. The van der Waals surface area contributed by atoms with Crippen LogP contribution in [0.2, 0.25) is 0 Å². The molecule has 3 atom stereocenters. The zero-order chi connectivity index (χ0) is 13.9. The van der Waals surface area contributed by atoms with Crippen molar-refractivity contribution in [2.75, 3.05) is 13.7 Å². The molecule has 20 heavy (non-hydrogen) atoms. The number of nitrogens with one attached hydrogen (secondary N) is 1. The zero-order valence-electron chi connectivity index (χ0n) is 12.0. The molecule has 0 spiro atoms. The summed E-state index contributed by atoms with van der Waals surface area (Å²) < 4.78 is 5.23. The average molecular weight is 273 g/mol. The average Bonchev–Trinajstić information content (AvgIpc) is 3.24. The van der Waals surface area contributed by atoms with E-state index in [1.54, 1.807) is 7.11 Å². The van der Waals surface area contributed by atoms with Crippen LogP contribution in [0.4, 0.5) is 0 Å². The molecule has 1 aromatic rings. The highest BCUT2D eigenvalue weighted by molar-refractivity contribution is 5.30. The highest BCUT2D eigenvalue weighted by Crippen LogP contribution is 2.42. The zero-order valence-corrected chi connectivity index (χ0v) is 12.0. The molecule has 2 aliphatic rings. The monoisotopic (exact) mass is 273 g/mol. The summed E-state index contributed by atoms with van der Waals surface area (Å²) in [6.45, 7) is 0.255. The maximum Gasteiger partial charge on any atom is 0.118 e. The fourth-order valence-electron chi connectivity index (χ4n) is 3.01. The number of aliphatic hydroxyl groups is 1. The predicted octanol–water partition coefficient (Wildman–Crippen LogP) is 2.67. The summed E-state index contributed by atoms with van der Waals surface area (Å²) in [7, 11) is 1.70. The van der Waals surface area contributed by atoms with Crippen molar-refractivity contribution < 1.29 is 9.84 Å². The van der Waals surface area contributed by atoms with Crippen LogP contribution in [-0.2, 0) is 0 Å². The predicted molar refractivity (Wildman–Crippen MR) is 79.7 cm³/mol. The van der Waals surface area contributed by atoms with E-state index < -0.39 is 0 Å². The lowest BCUT2D eigenvalue weighted by molar-refractivity contribution is 0.244. The van der Waals surface area contributed by atoms with Crippen LogP contribution < -0.4 is 10.1 Å². The lowest BCUT2D eigenvalue weighted by Crippen LogP contribution is -2.32. The Bertz CT molecular complexity index is 464. The fraction of sp³-hybridized carbons (Fsp3) is 0.529. The molecule has 108 valence electrons. The Morgan fingerprint density at radius 3 is 2.55 bits per heavy atom. The van der Waals surface area contributed by atoms with Crippen LogP contribution in [0.25, 0.3) is 0 Å². The van der Waals surface area contributed by atoms with E-state index in [1.807, 2.05) is 12.1 Å². The summed E-state index contributed by atoms with van der Waals surface area (Å²) in [6.07, 6.45) is 7.97. The highest BCUT2D eigenvalue weighted by Gasteiger charge is 2.34. The maximum absolute atomic E-state index is 9.22. The molecular weight excluding hydrogens is 250 g/mol. The summed E-state index contributed by atoms with van der Waals surface area (Å²) >= 11 is 0. The molecule has 3 nitrogen and oxygen atoms in total. The Morgan fingerprint density at radius 2 is 2.00 bits per heavy atom. The SMILES string of the molecule is COc1ccc(C(N[C@@H]2C=C[C@H](CO)C2)C2CC2)cc1. The Kier molecular flexibility index (Phi) is 4.08. The van der Waals surface area contributed by atoms with Crippen LogP contribution in [0.5, 0.6) is 5.75 Å². The summed E-state index contributed by atoms with van der Waals surface area (Å²) in [6, 6.07) is 9.21. The lowest BCUT2D eigenvalue weighted by atomic mass is 10.00. The van der Waals surface area contributed by atoms with Gasteiger partial charge in [0.25, 0.3) is 0 Å². The molecule has 0 heterocycles. The molecule has 1 saturated carbocycles. The van der Waals surface area contributed by atoms with Crippen LogP contribution in [-0.4, -0.2) is 24.9 Å². The van der Waals surface area contributed by atoms with Crippen molar-refractivity contribution in [3.8, 4) is 5.75 Å². The van der Waals surface area contributed by atoms with E-state index in [0.717, 1.165) is 18.1 Å². The minimum Gasteiger partial charge on any atom is -0.497 e. The maximum atomic E-state index is 9.22. The van der Waals surface area contributed by atoms with Gasteiger partial charge in [-0.05, 0) is 42.9 Å². The van der Waals surface area contributed by atoms with Gasteiger partial charge in [-0.3, -0.25) is 0 Å². The number of methoxy groups -OCH3 is 1. The molecule has 0 saturated heterocycles. The Labute approximate surface area is 120 Å². The molecule has 3 rings (SSSR count). The number of benzene rings is 1. The second-order valence-electron chi connectivity index (χ2n) is 5.92. The second kappa shape index (κ2) is 5.98. The van der Waals surface area contributed by atoms with Gasteiger partial charge in [-0.25, -0.2) is 0 Å². The third kappa shape index (κ3) is 3.05. The molecule has 2 N–H and O–H groups in total. The van der Waals surface area contributed by atoms with E-state index in [-0.39, 0.29) is 6.61 Å². The summed E-state index contributed by atoms with van der Waals surface area (Å²) in [5.74, 6) is 1.98. The first-order chi connectivity index (χ1) is 9.80. The van der Waals surface area contributed by atoms with Crippen molar-refractivity contribution in [1.82, 2.24) is 5.32 Å². The Morgan fingerprint density at radius 1 is 1.25 bits per heavy atom. The van der Waals surface area contributed by atoms with Crippen molar-refractivity contribution in [3.05, 3.63) is 42.0 Å². The molecule has 3 heteroatoms. The Balaban J connectivity index is 1.68. The number of rotatable bonds is 6. The lowest BCUT2D eigenvalue weighted by Gasteiger charge is -2.23. The first kappa shape index (κ1) is 13.7. The van der Waals surface area contributed by atoms with Crippen LogP contribution in [0.1, 0.15) is 30.9 Å². The Hall–Kier alpha value is -1.32. The van der Waals surface area contributed by atoms with Gasteiger partial charge in [0.15, 0.2) is 0 Å². The molecule has 2 aliphatic carbocycles. The number of ether oxygens (including phenoxy) is 1. The number of aliphatic hydroxyl groups excluding tert-OH is 1. The van der Waals surface area contributed by atoms with Gasteiger partial charge in [-0.15, -0.1) is 0 Å². The van der Waals surface area contributed by atoms with Gasteiger partial charge in [0, 0.05) is 24.6 Å². The van der Waals surface area contributed by atoms with Crippen molar-refractivity contribution in [3.63, 3.8) is 0 Å². The molecule has 1 fully saturated rings. The van der Waals surface area contributed by atoms with Gasteiger partial charge in [0.1, 0.15) is 5.75 Å². The van der Waals surface area contributed by atoms with E-state index in [1.165, 1.54) is 18.4 Å². The fourth-order valence-corrected chi connectivity index (χ4v) is 3.01. The van der Waals surface area contributed by atoms with E-state index in [0.29, 0.717) is 18.0 Å². The summed E-state index contributed by atoms with van der Waals surface area (Å²) in [4.78, 5) is 0. The van der Waals surface area contributed by atoms with Crippen LogP contribution >= 0.6 is 0 Å². The minimum atomic E-state index is 0.255. The summed E-state index contributed by atoms with van der Waals surface area (Å²) in [5.41, 5.74) is 1.34. The molecule has 0 aromatic heterocycles. The largest absolute Gasteiger partial charge is 0.497 e. The molecular formula is C17H23NO2. The van der Waals surface area contributed by atoms with Crippen LogP contribution in [0.3, 0.4) is 0 Å². The van der Waals surface area contributed by atoms with Crippen molar-refractivity contribution in [2.24, 2.45) is 11.8 Å². The van der Waals surface area contributed by atoms with Crippen molar-refractivity contribution in [2.45, 2.75) is 31.3 Å². The van der Waals surface area contributed by atoms with E-state index in [4.69, 9.17) is 4.74 Å². The van der Waals surface area contributed by atoms with Crippen molar-refractivity contribution >= 4 is 0 Å². The van der Waals surface area contributed by atoms with Gasteiger partial charge < -0.3 is 15.2 Å². The highest BCUT2D eigenvalue weighted by atomic mass is 16.5. The van der Waals surface area contributed by atoms with E-state index in [2.05, 4.69) is 29.6 Å². The van der Waals surface area contributed by atoms with Crippen LogP contribution in [0, 0.1) is 11.8 Å². The standard InChI is InChI=1S/C17H23NO2/c1-20-16-8-5-14(6-9-16)17(13-3-4-13)18-15-7-2-12(10-15)11-19/h2,5-9,12-13,15,17-19H,3-4,10-11H2,1H3/t12-,15+,17?/m0/s1. The second-order valence-corrected chi connectivity index (χ2v) is 5.92. The molecule has 0 amide bonds. The molecule has 0 aliphatic heterocycles. The van der Waals surface area contributed by atoms with Gasteiger partial charge in [-0.1, -0.05) is 24.3 Å². The molecule has 1 aromatic carbocycles. The number of hydrogen-bond donors (Lipinski definition) is 2. The van der Waals surface area contributed by atoms with Crippen molar-refractivity contribution in [1.29, 1.82) is 0 Å². The van der Waals surface area contributed by atoms with Gasteiger partial charge in [0.05, 0.1) is 7.11 Å². The van der Waals surface area contributed by atoms with Gasteiger partial charge >= 0.3 is 0 Å².